The van der Waals surface area contributed by atoms with Crippen molar-refractivity contribution in [3.05, 3.63) is 51.4 Å². The zero-order valence-electron chi connectivity index (χ0n) is 10.7. The second-order valence-electron chi connectivity index (χ2n) is 4.72. The summed E-state index contributed by atoms with van der Waals surface area (Å²) in [5, 5.41) is 4.70. The van der Waals surface area contributed by atoms with Gasteiger partial charge < -0.3 is 10.3 Å². The normalized spacial score (nSPS) is 14.4. The molecule has 0 atom stereocenters. The first-order valence-electron chi connectivity index (χ1n) is 6.46. The van der Waals surface area contributed by atoms with Crippen LogP contribution in [0.25, 0.3) is 0 Å². The summed E-state index contributed by atoms with van der Waals surface area (Å²) in [5.41, 5.74) is 0.966. The summed E-state index contributed by atoms with van der Waals surface area (Å²) >= 11 is 7.67. The van der Waals surface area contributed by atoms with Crippen LogP contribution in [0.5, 0.6) is 0 Å². The number of nitrogens with one attached hydrogen (secondary N) is 2. The molecule has 20 heavy (non-hydrogen) atoms. The Bertz CT molecular complexity index is 669. The predicted octanol–water partition coefficient (Wildman–Crippen LogP) is 2.83. The highest BCUT2D eigenvalue weighted by atomic mass is 35.5. The maximum atomic E-state index is 11.3. The Labute approximate surface area is 126 Å². The summed E-state index contributed by atoms with van der Waals surface area (Å²) in [6.45, 7) is 0.782. The molecule has 104 valence electrons. The maximum Gasteiger partial charge on any atom is 0.251 e. The van der Waals surface area contributed by atoms with Crippen LogP contribution in [0.3, 0.4) is 0 Å². The lowest BCUT2D eigenvalue weighted by atomic mass is 10.2. The molecule has 0 radical (unpaired) electrons. The molecule has 1 aromatic carbocycles. The largest absolute Gasteiger partial charge is 0.310 e. The molecule has 1 saturated carbocycles. The molecule has 0 aliphatic heterocycles. The van der Waals surface area contributed by atoms with E-state index in [1.165, 1.54) is 36.9 Å². The van der Waals surface area contributed by atoms with Crippen molar-refractivity contribution in [2.24, 2.45) is 0 Å². The summed E-state index contributed by atoms with van der Waals surface area (Å²) in [4.78, 5) is 19.1. The minimum absolute atomic E-state index is 0.160. The summed E-state index contributed by atoms with van der Waals surface area (Å²) in [7, 11) is 0. The molecule has 1 aliphatic rings. The lowest BCUT2D eigenvalue weighted by Gasteiger charge is -2.11. The summed E-state index contributed by atoms with van der Waals surface area (Å²) in [5.74, 6) is 0. The van der Waals surface area contributed by atoms with Gasteiger partial charge in [0.2, 0.25) is 0 Å². The van der Waals surface area contributed by atoms with Crippen molar-refractivity contribution in [1.82, 2.24) is 15.3 Å². The molecule has 0 saturated heterocycles. The van der Waals surface area contributed by atoms with Gasteiger partial charge >= 0.3 is 0 Å². The van der Waals surface area contributed by atoms with Gasteiger partial charge in [0.05, 0.1) is 5.02 Å². The van der Waals surface area contributed by atoms with E-state index in [2.05, 4.69) is 15.3 Å². The van der Waals surface area contributed by atoms with Gasteiger partial charge in [-0.25, -0.2) is 4.98 Å². The minimum Gasteiger partial charge on any atom is -0.310 e. The highest BCUT2D eigenvalue weighted by Gasteiger charge is 2.21. The van der Waals surface area contributed by atoms with Crippen molar-refractivity contribution >= 4 is 23.4 Å². The molecule has 2 N–H and O–H groups in total. The fraction of sp³-hybridized carbons (Fsp3) is 0.286. The molecule has 6 heteroatoms. The van der Waals surface area contributed by atoms with Crippen LogP contribution in [0.15, 0.2) is 45.3 Å². The number of aromatic amines is 1. The zero-order chi connectivity index (χ0) is 13.9. The smallest absolute Gasteiger partial charge is 0.251 e. The molecule has 0 bridgehead atoms. The van der Waals surface area contributed by atoms with E-state index in [-0.39, 0.29) is 5.56 Å². The second-order valence-corrected chi connectivity index (χ2v) is 6.13. The standard InChI is InChI=1S/C14H14ClN3OS/c15-11-3-1-2-9(8-17-10-4-5-10)13(11)20-14-16-7-6-12(19)18-14/h1-3,6-7,10,17H,4-5,8H2,(H,16,18,19). The van der Waals surface area contributed by atoms with E-state index in [4.69, 9.17) is 11.6 Å². The molecule has 0 amide bonds. The van der Waals surface area contributed by atoms with E-state index in [1.54, 1.807) is 0 Å². The van der Waals surface area contributed by atoms with Gasteiger partial charge in [0.25, 0.3) is 5.56 Å². The second kappa shape index (κ2) is 5.99. The number of rotatable bonds is 5. The first-order chi connectivity index (χ1) is 9.72. The van der Waals surface area contributed by atoms with Crippen LogP contribution in [-0.2, 0) is 6.54 Å². The zero-order valence-corrected chi connectivity index (χ0v) is 12.3. The average molecular weight is 308 g/mol. The van der Waals surface area contributed by atoms with Crippen LogP contribution in [0.2, 0.25) is 5.02 Å². The van der Waals surface area contributed by atoms with Crippen LogP contribution in [0, 0.1) is 0 Å². The first kappa shape index (κ1) is 13.7. The summed E-state index contributed by atoms with van der Waals surface area (Å²) in [6.07, 6.45) is 3.99. The fourth-order valence-electron chi connectivity index (χ4n) is 1.85. The Balaban J connectivity index is 1.84. The van der Waals surface area contributed by atoms with Gasteiger partial charge in [-0.05, 0) is 36.2 Å². The Morgan fingerprint density at radius 1 is 1.40 bits per heavy atom. The van der Waals surface area contributed by atoms with Gasteiger partial charge in [0.15, 0.2) is 5.16 Å². The van der Waals surface area contributed by atoms with Gasteiger partial charge in [-0.3, -0.25) is 4.79 Å². The monoisotopic (exact) mass is 307 g/mol. The highest BCUT2D eigenvalue weighted by molar-refractivity contribution is 7.99. The Hall–Kier alpha value is -1.30. The lowest BCUT2D eigenvalue weighted by molar-refractivity contribution is 0.680. The van der Waals surface area contributed by atoms with E-state index in [9.17, 15) is 4.79 Å². The van der Waals surface area contributed by atoms with Gasteiger partial charge in [0, 0.05) is 29.7 Å². The molecule has 0 spiro atoms. The van der Waals surface area contributed by atoms with Crippen molar-refractivity contribution in [3.63, 3.8) is 0 Å². The van der Waals surface area contributed by atoms with Gasteiger partial charge in [0.1, 0.15) is 0 Å². The van der Waals surface area contributed by atoms with E-state index in [0.717, 1.165) is 17.0 Å². The number of benzene rings is 1. The molecule has 1 heterocycles. The Kier molecular flexibility index (Phi) is 4.10. The van der Waals surface area contributed by atoms with E-state index in [0.29, 0.717) is 16.2 Å². The first-order valence-corrected chi connectivity index (χ1v) is 7.66. The van der Waals surface area contributed by atoms with Gasteiger partial charge in [-0.2, -0.15) is 0 Å². The van der Waals surface area contributed by atoms with Crippen molar-refractivity contribution in [1.29, 1.82) is 0 Å². The van der Waals surface area contributed by atoms with Crippen molar-refractivity contribution in [2.75, 3.05) is 0 Å². The molecule has 3 rings (SSSR count). The van der Waals surface area contributed by atoms with Crippen molar-refractivity contribution in [2.45, 2.75) is 35.5 Å². The average Bonchev–Trinajstić information content (AvgIpc) is 3.24. The molecule has 4 nitrogen and oxygen atoms in total. The van der Waals surface area contributed by atoms with Crippen molar-refractivity contribution < 1.29 is 0 Å². The van der Waals surface area contributed by atoms with Crippen LogP contribution < -0.4 is 10.9 Å². The van der Waals surface area contributed by atoms with Gasteiger partial charge in [-0.1, -0.05) is 23.7 Å². The number of hydrogen-bond donors (Lipinski definition) is 2. The molecule has 0 unspecified atom stereocenters. The maximum absolute atomic E-state index is 11.3. The number of nitrogens with zero attached hydrogens (tertiary/aromatic N) is 1. The number of halogens is 1. The Morgan fingerprint density at radius 3 is 3.00 bits per heavy atom. The van der Waals surface area contributed by atoms with Crippen LogP contribution in [0.4, 0.5) is 0 Å². The van der Waals surface area contributed by atoms with Crippen molar-refractivity contribution in [3.8, 4) is 0 Å². The molecule has 1 aliphatic carbocycles. The summed E-state index contributed by atoms with van der Waals surface area (Å²) < 4.78 is 0. The summed E-state index contributed by atoms with van der Waals surface area (Å²) in [6, 6.07) is 7.88. The minimum atomic E-state index is -0.160. The molecular formula is C14H14ClN3OS. The van der Waals surface area contributed by atoms with Gasteiger partial charge in [-0.15, -0.1) is 0 Å². The third-order valence-corrected chi connectivity index (χ3v) is 4.57. The van der Waals surface area contributed by atoms with E-state index in [1.807, 2.05) is 18.2 Å². The number of aromatic nitrogens is 2. The predicted molar refractivity (Wildman–Crippen MR) is 80.3 cm³/mol. The topological polar surface area (TPSA) is 57.8 Å². The molecular weight excluding hydrogens is 294 g/mol. The number of hydrogen-bond acceptors (Lipinski definition) is 4. The quantitative estimate of drug-likeness (QED) is 0.834. The van der Waals surface area contributed by atoms with E-state index < -0.39 is 0 Å². The Morgan fingerprint density at radius 2 is 2.25 bits per heavy atom. The third kappa shape index (κ3) is 3.42. The number of H-pyrrole nitrogens is 1. The highest BCUT2D eigenvalue weighted by Crippen LogP contribution is 2.34. The van der Waals surface area contributed by atoms with Crippen LogP contribution >= 0.6 is 23.4 Å². The lowest BCUT2D eigenvalue weighted by Crippen LogP contribution is -2.16. The third-order valence-electron chi connectivity index (χ3n) is 3.05. The molecule has 1 aromatic heterocycles. The molecule has 2 aromatic rings. The van der Waals surface area contributed by atoms with Crippen LogP contribution in [-0.4, -0.2) is 16.0 Å². The molecule has 1 fully saturated rings. The fourth-order valence-corrected chi connectivity index (χ4v) is 3.05. The SMILES string of the molecule is O=c1ccnc(Sc2c(Cl)cccc2CNC2CC2)[nH]1. The van der Waals surface area contributed by atoms with Crippen LogP contribution in [0.1, 0.15) is 18.4 Å². The van der Waals surface area contributed by atoms with E-state index >= 15 is 0 Å².